The van der Waals surface area contributed by atoms with Crippen LogP contribution in [-0.4, -0.2) is 28.9 Å². The van der Waals surface area contributed by atoms with Crippen LogP contribution in [-0.2, 0) is 24.3 Å². The van der Waals surface area contributed by atoms with Gasteiger partial charge in [-0.05, 0) is 49.2 Å². The van der Waals surface area contributed by atoms with Crippen molar-refractivity contribution in [2.45, 2.75) is 38.8 Å². The monoisotopic (exact) mass is 410 g/mol. The number of halogens is 2. The van der Waals surface area contributed by atoms with E-state index >= 15 is 0 Å². The first-order chi connectivity index (χ1) is 12.2. The number of amides is 1. The molecule has 1 amide bonds. The molecule has 0 atom stereocenters. The molecule has 1 saturated heterocycles. The highest BCUT2D eigenvalue weighted by Gasteiger charge is 2.10. The lowest BCUT2D eigenvalue weighted by molar-refractivity contribution is -0.120. The summed E-state index contributed by atoms with van der Waals surface area (Å²) in [6.07, 6.45) is 5.83. The van der Waals surface area contributed by atoms with Gasteiger partial charge in [-0.3, -0.25) is 14.7 Å². The van der Waals surface area contributed by atoms with E-state index in [9.17, 15) is 4.79 Å². The molecular weight excluding hydrogens is 383 g/mol. The number of nitrogen functional groups attached to an aromatic ring is 1. The zero-order chi connectivity index (χ0) is 17.5. The Morgan fingerprint density at radius 2 is 1.67 bits per heavy atom. The second-order valence-corrected chi connectivity index (χ2v) is 6.69. The van der Waals surface area contributed by atoms with E-state index in [1.807, 2.05) is 0 Å². The standard InChI is InChI=1S/C20H26N4O.2ClH/c21-18-8-9-19(22-14-18)12-20(25)23-13-16-4-6-17(7-5-16)15-24-10-2-1-3-11-24;;/h4-9,14H,1-3,10-13,15,21H2,(H,23,25);2*1H. The van der Waals surface area contributed by atoms with E-state index in [2.05, 4.69) is 39.5 Å². The molecule has 3 N–H and O–H groups in total. The van der Waals surface area contributed by atoms with E-state index in [1.54, 1.807) is 18.3 Å². The van der Waals surface area contributed by atoms with E-state index < -0.39 is 0 Å². The summed E-state index contributed by atoms with van der Waals surface area (Å²) >= 11 is 0. The van der Waals surface area contributed by atoms with Gasteiger partial charge in [0.15, 0.2) is 0 Å². The lowest BCUT2D eigenvalue weighted by atomic mass is 10.1. The maximum atomic E-state index is 12.0. The molecule has 2 heterocycles. The highest BCUT2D eigenvalue weighted by atomic mass is 35.5. The Labute approximate surface area is 173 Å². The largest absolute Gasteiger partial charge is 0.397 e. The van der Waals surface area contributed by atoms with Crippen molar-refractivity contribution in [3.05, 3.63) is 59.4 Å². The van der Waals surface area contributed by atoms with Gasteiger partial charge in [0.05, 0.1) is 18.3 Å². The highest BCUT2D eigenvalue weighted by Crippen LogP contribution is 2.13. The molecule has 148 valence electrons. The van der Waals surface area contributed by atoms with Crippen molar-refractivity contribution in [1.29, 1.82) is 0 Å². The number of carbonyl (C=O) groups is 1. The predicted octanol–water partition coefficient (Wildman–Crippen LogP) is 3.35. The van der Waals surface area contributed by atoms with Crippen LogP contribution in [0.1, 0.15) is 36.1 Å². The second kappa shape index (κ2) is 11.8. The third-order valence-electron chi connectivity index (χ3n) is 4.56. The molecule has 0 aliphatic carbocycles. The van der Waals surface area contributed by atoms with Crippen LogP contribution in [0.15, 0.2) is 42.6 Å². The number of pyridine rings is 1. The first-order valence-corrected chi connectivity index (χ1v) is 8.96. The molecule has 1 aliphatic heterocycles. The second-order valence-electron chi connectivity index (χ2n) is 6.69. The van der Waals surface area contributed by atoms with Crippen LogP contribution in [0, 0.1) is 0 Å². The molecule has 0 saturated carbocycles. The number of benzene rings is 1. The molecule has 0 bridgehead atoms. The van der Waals surface area contributed by atoms with Crippen molar-refractivity contribution in [3.63, 3.8) is 0 Å². The molecule has 1 aromatic heterocycles. The minimum atomic E-state index is -0.0327. The molecule has 5 nitrogen and oxygen atoms in total. The van der Waals surface area contributed by atoms with E-state index in [4.69, 9.17) is 5.73 Å². The Hall–Kier alpha value is -1.82. The van der Waals surface area contributed by atoms with E-state index in [0.29, 0.717) is 12.2 Å². The summed E-state index contributed by atoms with van der Waals surface area (Å²) in [5.74, 6) is -0.0327. The van der Waals surface area contributed by atoms with Gasteiger partial charge >= 0.3 is 0 Å². The summed E-state index contributed by atoms with van der Waals surface area (Å²) in [4.78, 5) is 18.7. The molecule has 0 spiro atoms. The number of rotatable bonds is 6. The average molecular weight is 411 g/mol. The molecule has 27 heavy (non-hydrogen) atoms. The Morgan fingerprint density at radius 3 is 2.30 bits per heavy atom. The third kappa shape index (κ3) is 7.75. The van der Waals surface area contributed by atoms with E-state index in [1.165, 1.54) is 37.9 Å². The first kappa shape index (κ1) is 23.2. The van der Waals surface area contributed by atoms with Crippen molar-refractivity contribution >= 4 is 36.4 Å². The SMILES string of the molecule is Cl.Cl.Nc1ccc(CC(=O)NCc2ccc(CN3CCCCC3)cc2)nc1. The molecule has 0 radical (unpaired) electrons. The lowest BCUT2D eigenvalue weighted by Crippen LogP contribution is -2.29. The van der Waals surface area contributed by atoms with Gasteiger partial charge < -0.3 is 11.1 Å². The van der Waals surface area contributed by atoms with E-state index in [0.717, 1.165) is 17.8 Å². The molecule has 7 heteroatoms. The minimum Gasteiger partial charge on any atom is -0.397 e. The predicted molar refractivity (Wildman–Crippen MR) is 114 cm³/mol. The Bertz CT molecular complexity index is 686. The first-order valence-electron chi connectivity index (χ1n) is 8.96. The normalized spacial score (nSPS) is 13.9. The van der Waals surface area contributed by atoms with Crippen LogP contribution in [0.3, 0.4) is 0 Å². The zero-order valence-electron chi connectivity index (χ0n) is 15.4. The van der Waals surface area contributed by atoms with Crippen LogP contribution < -0.4 is 11.1 Å². The number of carbonyl (C=O) groups excluding carboxylic acids is 1. The fourth-order valence-corrected chi connectivity index (χ4v) is 3.11. The van der Waals surface area contributed by atoms with Gasteiger partial charge in [0.2, 0.25) is 5.91 Å². The topological polar surface area (TPSA) is 71.2 Å². The van der Waals surface area contributed by atoms with Gasteiger partial charge in [0.25, 0.3) is 0 Å². The fourth-order valence-electron chi connectivity index (χ4n) is 3.11. The quantitative estimate of drug-likeness (QED) is 0.765. The van der Waals surface area contributed by atoms with Gasteiger partial charge in [-0.2, -0.15) is 0 Å². The molecule has 0 unspecified atom stereocenters. The van der Waals surface area contributed by atoms with Crippen LogP contribution in [0.4, 0.5) is 5.69 Å². The molecule has 1 fully saturated rings. The minimum absolute atomic E-state index is 0. The van der Waals surface area contributed by atoms with Gasteiger partial charge in [0.1, 0.15) is 0 Å². The molecule has 2 aromatic rings. The van der Waals surface area contributed by atoms with Crippen LogP contribution >= 0.6 is 24.8 Å². The average Bonchev–Trinajstić information content (AvgIpc) is 2.64. The van der Waals surface area contributed by atoms with Crippen molar-refractivity contribution in [1.82, 2.24) is 15.2 Å². The molecule has 1 aromatic carbocycles. The summed E-state index contributed by atoms with van der Waals surface area (Å²) in [6.45, 7) is 3.97. The summed E-state index contributed by atoms with van der Waals surface area (Å²) in [5, 5.41) is 2.94. The van der Waals surface area contributed by atoms with Crippen molar-refractivity contribution in [3.8, 4) is 0 Å². The number of nitrogens with zero attached hydrogens (tertiary/aromatic N) is 2. The summed E-state index contributed by atoms with van der Waals surface area (Å²) < 4.78 is 0. The van der Waals surface area contributed by atoms with Crippen molar-refractivity contribution in [2.24, 2.45) is 0 Å². The number of hydrogen-bond donors (Lipinski definition) is 2. The number of hydrogen-bond acceptors (Lipinski definition) is 4. The van der Waals surface area contributed by atoms with Crippen molar-refractivity contribution < 1.29 is 4.79 Å². The van der Waals surface area contributed by atoms with E-state index in [-0.39, 0.29) is 37.1 Å². The maximum absolute atomic E-state index is 12.0. The maximum Gasteiger partial charge on any atom is 0.226 e. The number of nitrogens with two attached hydrogens (primary N) is 1. The third-order valence-corrected chi connectivity index (χ3v) is 4.56. The number of aromatic nitrogens is 1. The van der Waals surface area contributed by atoms with Gasteiger partial charge in [-0.15, -0.1) is 24.8 Å². The summed E-state index contributed by atoms with van der Waals surface area (Å²) in [5.41, 5.74) is 9.38. The van der Waals surface area contributed by atoms with Gasteiger partial charge in [-0.25, -0.2) is 0 Å². The number of anilines is 1. The smallest absolute Gasteiger partial charge is 0.226 e. The number of likely N-dealkylation sites (tertiary alicyclic amines) is 1. The molecule has 3 rings (SSSR count). The van der Waals surface area contributed by atoms with Gasteiger partial charge in [-0.1, -0.05) is 30.7 Å². The Kier molecular flexibility index (Phi) is 10.1. The number of nitrogens with one attached hydrogen (secondary N) is 1. The summed E-state index contributed by atoms with van der Waals surface area (Å²) in [7, 11) is 0. The van der Waals surface area contributed by atoms with Crippen molar-refractivity contribution in [2.75, 3.05) is 18.8 Å². The van der Waals surface area contributed by atoms with Crippen LogP contribution in [0.5, 0.6) is 0 Å². The Morgan fingerprint density at radius 1 is 1.00 bits per heavy atom. The molecular formula is C20H28Cl2N4O. The van der Waals surface area contributed by atoms with Gasteiger partial charge in [0, 0.05) is 18.8 Å². The Balaban J connectivity index is 0.00000182. The van der Waals surface area contributed by atoms with Crippen LogP contribution in [0.2, 0.25) is 0 Å². The fraction of sp³-hybridized carbons (Fsp3) is 0.400. The summed E-state index contributed by atoms with van der Waals surface area (Å²) in [6, 6.07) is 12.1. The van der Waals surface area contributed by atoms with Crippen LogP contribution in [0.25, 0.3) is 0 Å². The molecule has 1 aliphatic rings. The lowest BCUT2D eigenvalue weighted by Gasteiger charge is -2.26. The number of piperidine rings is 1. The highest BCUT2D eigenvalue weighted by molar-refractivity contribution is 5.85. The zero-order valence-corrected chi connectivity index (χ0v) is 17.0.